The Kier molecular flexibility index (Phi) is 1.51. The molecule has 0 amide bonds. The molecule has 0 fully saturated rings. The summed E-state index contributed by atoms with van der Waals surface area (Å²) in [7, 11) is 4.00. The number of quaternary nitrogens is 1. The van der Waals surface area contributed by atoms with Crippen molar-refractivity contribution in [2.24, 2.45) is 0 Å². The summed E-state index contributed by atoms with van der Waals surface area (Å²) >= 11 is 1.87. The molecule has 0 aliphatic carbocycles. The Labute approximate surface area is 65.3 Å². The summed E-state index contributed by atoms with van der Waals surface area (Å²) in [6.07, 6.45) is 1.22. The van der Waals surface area contributed by atoms with Crippen molar-refractivity contribution in [3.05, 3.63) is 28.9 Å². The molecule has 1 aliphatic heterocycles. The van der Waals surface area contributed by atoms with Gasteiger partial charge in [0.05, 0.1) is 18.0 Å². The van der Waals surface area contributed by atoms with Crippen molar-refractivity contribution in [1.29, 1.82) is 0 Å². The Morgan fingerprint density at radius 1 is 1.60 bits per heavy atom. The van der Waals surface area contributed by atoms with Crippen LogP contribution in [0.3, 0.4) is 0 Å². The predicted molar refractivity (Wildman–Crippen MR) is 42.9 cm³/mol. The molecular weight excluding hydrogens is 142 g/mol. The Balaban J connectivity index is 2.30. The summed E-state index contributed by atoms with van der Waals surface area (Å²) < 4.78 is 0. The van der Waals surface area contributed by atoms with Gasteiger partial charge >= 0.3 is 0 Å². The van der Waals surface area contributed by atoms with Crippen LogP contribution in [-0.4, -0.2) is 6.54 Å². The largest absolute Gasteiger partial charge is 0.463 e. The molecule has 2 heterocycles. The van der Waals surface area contributed by atoms with Gasteiger partial charge in [-0.1, -0.05) is 0 Å². The van der Waals surface area contributed by atoms with Crippen molar-refractivity contribution in [1.82, 2.24) is 0 Å². The maximum atomic E-state index is 4.00. The van der Waals surface area contributed by atoms with Crippen LogP contribution in [0.2, 0.25) is 0 Å². The van der Waals surface area contributed by atoms with Crippen LogP contribution < -0.4 is 4.90 Å². The highest BCUT2D eigenvalue weighted by Crippen LogP contribution is 2.17. The zero-order valence-corrected chi connectivity index (χ0v) is 6.71. The molecule has 0 saturated heterocycles. The molecule has 10 heavy (non-hydrogen) atoms. The molecule has 0 aromatic carbocycles. The van der Waals surface area contributed by atoms with E-state index in [9.17, 15) is 0 Å². The smallest absolute Gasteiger partial charge is 0.0884 e. The number of hydrogen-bond donors (Lipinski definition) is 1. The van der Waals surface area contributed by atoms with Crippen molar-refractivity contribution < 1.29 is 4.90 Å². The molecule has 1 N–H and O–H groups in total. The van der Waals surface area contributed by atoms with E-state index in [1.807, 2.05) is 11.3 Å². The fraction of sp³-hybridized carbons (Fsp3) is 0.375. The van der Waals surface area contributed by atoms with Crippen molar-refractivity contribution in [2.75, 3.05) is 6.54 Å². The molecular formula is C8H11NS. The normalized spacial score (nSPS) is 24.3. The van der Waals surface area contributed by atoms with Crippen LogP contribution in [0, 0.1) is 7.05 Å². The van der Waals surface area contributed by atoms with Crippen LogP contribution in [0.25, 0.3) is 0 Å². The molecule has 2 rings (SSSR count). The van der Waals surface area contributed by atoms with E-state index in [2.05, 4.69) is 18.5 Å². The topological polar surface area (TPSA) is 4.44 Å². The van der Waals surface area contributed by atoms with Crippen LogP contribution in [0.15, 0.2) is 11.4 Å². The highest BCUT2D eigenvalue weighted by Gasteiger charge is 2.13. The zero-order chi connectivity index (χ0) is 6.97. The molecule has 1 aliphatic rings. The number of rotatable bonds is 0. The van der Waals surface area contributed by atoms with E-state index in [0.717, 1.165) is 6.54 Å². The molecule has 2 heteroatoms. The summed E-state index contributed by atoms with van der Waals surface area (Å²) in [5.74, 6) is 0. The van der Waals surface area contributed by atoms with Crippen molar-refractivity contribution in [3.63, 3.8) is 0 Å². The van der Waals surface area contributed by atoms with Crippen LogP contribution in [-0.2, 0) is 13.0 Å². The summed E-state index contributed by atoms with van der Waals surface area (Å²) in [4.78, 5) is 2.94. The van der Waals surface area contributed by atoms with Gasteiger partial charge in [0, 0.05) is 6.42 Å². The van der Waals surface area contributed by atoms with Crippen LogP contribution >= 0.6 is 11.3 Å². The van der Waals surface area contributed by atoms with Gasteiger partial charge < -0.3 is 4.90 Å². The average molecular weight is 153 g/mol. The Morgan fingerprint density at radius 3 is 3.40 bits per heavy atom. The molecule has 1 nitrogen and oxygen atoms in total. The molecule has 54 valence electrons. The van der Waals surface area contributed by atoms with Crippen molar-refractivity contribution in [3.8, 4) is 0 Å². The second-order valence-corrected chi connectivity index (χ2v) is 3.80. The fourth-order valence-electron chi connectivity index (χ4n) is 1.37. The fourth-order valence-corrected chi connectivity index (χ4v) is 2.38. The highest BCUT2D eigenvalue weighted by atomic mass is 32.1. The predicted octanol–water partition coefficient (Wildman–Crippen LogP) is 0.481. The zero-order valence-electron chi connectivity index (χ0n) is 5.89. The van der Waals surface area contributed by atoms with Gasteiger partial charge in [-0.3, -0.25) is 0 Å². The molecule has 0 radical (unpaired) electrons. The number of nitrogens with one attached hydrogen (secondary N) is 1. The van der Waals surface area contributed by atoms with Crippen molar-refractivity contribution >= 4 is 11.3 Å². The first kappa shape index (κ1) is 6.38. The maximum absolute atomic E-state index is 4.00. The Hall–Kier alpha value is -0.340. The number of thiophene rings is 1. The molecule has 1 aromatic rings. The minimum atomic E-state index is 1.13. The molecule has 0 saturated carbocycles. The van der Waals surface area contributed by atoms with E-state index in [-0.39, 0.29) is 0 Å². The van der Waals surface area contributed by atoms with Gasteiger partial charge in [-0.2, -0.15) is 7.05 Å². The van der Waals surface area contributed by atoms with Gasteiger partial charge in [0.1, 0.15) is 0 Å². The Morgan fingerprint density at radius 2 is 2.50 bits per heavy atom. The second kappa shape index (κ2) is 2.36. The van der Waals surface area contributed by atoms with Gasteiger partial charge in [0.25, 0.3) is 0 Å². The first-order valence-electron chi connectivity index (χ1n) is 3.58. The summed E-state index contributed by atoms with van der Waals surface area (Å²) in [5, 5.41) is 2.18. The quantitative estimate of drug-likeness (QED) is 0.517. The summed E-state index contributed by atoms with van der Waals surface area (Å²) in [6, 6.07) is 2.24. The number of hydrogen-bond acceptors (Lipinski definition) is 1. The maximum Gasteiger partial charge on any atom is 0.0884 e. The summed E-state index contributed by atoms with van der Waals surface area (Å²) in [5.41, 5.74) is 1.55. The standard InChI is InChI=1S/C8H11NS/c1-9-4-2-7-3-5-10-8(7)6-9/h3,5,9H,1-2,4,6H2. The lowest BCUT2D eigenvalue weighted by atomic mass is 10.1. The van der Waals surface area contributed by atoms with E-state index in [1.165, 1.54) is 22.7 Å². The molecule has 1 unspecified atom stereocenters. The third-order valence-corrected chi connectivity index (χ3v) is 2.96. The first-order chi connectivity index (χ1) is 4.86. The lowest BCUT2D eigenvalue weighted by molar-refractivity contribution is -0.869. The lowest BCUT2D eigenvalue weighted by Gasteiger charge is -2.25. The van der Waals surface area contributed by atoms with Gasteiger partial charge in [-0.05, 0) is 17.0 Å². The van der Waals surface area contributed by atoms with E-state index < -0.39 is 0 Å². The molecule has 0 spiro atoms. The van der Waals surface area contributed by atoms with E-state index in [4.69, 9.17) is 0 Å². The monoisotopic (exact) mass is 153 g/mol. The van der Waals surface area contributed by atoms with Crippen LogP contribution in [0.4, 0.5) is 0 Å². The van der Waals surface area contributed by atoms with Gasteiger partial charge in [0.15, 0.2) is 0 Å². The second-order valence-electron chi connectivity index (χ2n) is 2.80. The molecule has 1 aromatic heterocycles. The SMILES string of the molecule is [CH2-][NH+]1CCc2ccsc2C1. The van der Waals surface area contributed by atoms with Crippen LogP contribution in [0.1, 0.15) is 10.4 Å². The minimum absolute atomic E-state index is 1.13. The van der Waals surface area contributed by atoms with E-state index >= 15 is 0 Å². The van der Waals surface area contributed by atoms with Gasteiger partial charge in [-0.15, -0.1) is 11.3 Å². The van der Waals surface area contributed by atoms with Gasteiger partial charge in [-0.25, -0.2) is 0 Å². The third-order valence-electron chi connectivity index (χ3n) is 2.00. The van der Waals surface area contributed by atoms with E-state index in [0.29, 0.717) is 0 Å². The van der Waals surface area contributed by atoms with Crippen molar-refractivity contribution in [2.45, 2.75) is 13.0 Å². The first-order valence-corrected chi connectivity index (χ1v) is 4.46. The third kappa shape index (κ3) is 0.976. The lowest BCUT2D eigenvalue weighted by Crippen LogP contribution is -3.06. The average Bonchev–Trinajstić information content (AvgIpc) is 2.33. The summed E-state index contributed by atoms with van der Waals surface area (Å²) in [6.45, 7) is 2.33. The molecule has 1 atom stereocenters. The van der Waals surface area contributed by atoms with Gasteiger partial charge in [0.2, 0.25) is 0 Å². The molecule has 0 bridgehead atoms. The Bertz CT molecular complexity index is 229. The van der Waals surface area contributed by atoms with E-state index in [1.54, 1.807) is 5.56 Å². The van der Waals surface area contributed by atoms with Crippen LogP contribution in [0.5, 0.6) is 0 Å². The minimum Gasteiger partial charge on any atom is -0.463 e. The number of fused-ring (bicyclic) bond motifs is 1. The highest BCUT2D eigenvalue weighted by molar-refractivity contribution is 7.10.